The summed E-state index contributed by atoms with van der Waals surface area (Å²) in [7, 11) is 1.71. The van der Waals surface area contributed by atoms with Crippen LogP contribution in [0.2, 0.25) is 0 Å². The summed E-state index contributed by atoms with van der Waals surface area (Å²) < 4.78 is 11.2. The molecule has 3 nitrogen and oxygen atoms in total. The van der Waals surface area contributed by atoms with Gasteiger partial charge in [-0.2, -0.15) is 0 Å². The Morgan fingerprint density at radius 2 is 1.94 bits per heavy atom. The van der Waals surface area contributed by atoms with Crippen LogP contribution in [0.25, 0.3) is 0 Å². The van der Waals surface area contributed by atoms with E-state index in [-0.39, 0.29) is 0 Å². The topological polar surface area (TPSA) is 38.7 Å². The molecule has 0 bridgehead atoms. The zero-order valence-electron chi connectivity index (χ0n) is 11.2. The summed E-state index contributed by atoms with van der Waals surface area (Å²) in [6.07, 6.45) is 6.27. The van der Waals surface area contributed by atoms with E-state index in [0.717, 1.165) is 32.1 Å². The Morgan fingerprint density at radius 3 is 2.41 bits per heavy atom. The average molecular weight is 240 g/mol. The summed E-state index contributed by atoms with van der Waals surface area (Å²) >= 11 is 0. The summed E-state index contributed by atoms with van der Waals surface area (Å²) in [5, 5.41) is 10.5. The third kappa shape index (κ3) is 2.50. The zero-order chi connectivity index (χ0) is 12.5. The van der Waals surface area contributed by atoms with E-state index in [1.165, 1.54) is 0 Å². The Labute approximate surface area is 104 Å². The van der Waals surface area contributed by atoms with Gasteiger partial charge in [0.15, 0.2) is 0 Å². The van der Waals surface area contributed by atoms with Crippen molar-refractivity contribution in [2.45, 2.75) is 57.7 Å². The van der Waals surface area contributed by atoms with Gasteiger partial charge < -0.3 is 14.6 Å². The van der Waals surface area contributed by atoms with E-state index in [9.17, 15) is 5.11 Å². The van der Waals surface area contributed by atoms with Crippen molar-refractivity contribution in [2.24, 2.45) is 5.41 Å². The molecule has 2 aliphatic rings. The third-order valence-electron chi connectivity index (χ3n) is 4.36. The van der Waals surface area contributed by atoms with E-state index in [0.29, 0.717) is 17.8 Å². The molecule has 1 saturated carbocycles. The van der Waals surface area contributed by atoms with Crippen LogP contribution in [0.1, 0.15) is 46.0 Å². The van der Waals surface area contributed by atoms with Gasteiger partial charge in [0, 0.05) is 13.5 Å². The minimum Gasteiger partial charge on any atom is -0.495 e. The quantitative estimate of drug-likeness (QED) is 0.824. The Bertz CT molecular complexity index is 297. The summed E-state index contributed by atoms with van der Waals surface area (Å²) in [5.74, 6) is 0.714. The fraction of sp³-hybridized carbons (Fsp3) is 0.857. The molecule has 1 atom stereocenters. The summed E-state index contributed by atoms with van der Waals surface area (Å²) in [4.78, 5) is 0. The van der Waals surface area contributed by atoms with E-state index >= 15 is 0 Å². The molecule has 17 heavy (non-hydrogen) atoms. The zero-order valence-corrected chi connectivity index (χ0v) is 11.2. The highest BCUT2D eigenvalue weighted by Gasteiger charge is 2.46. The van der Waals surface area contributed by atoms with Gasteiger partial charge in [0.25, 0.3) is 0 Å². The van der Waals surface area contributed by atoms with Crippen molar-refractivity contribution < 1.29 is 14.6 Å². The van der Waals surface area contributed by atoms with E-state index in [1.807, 2.05) is 6.08 Å². The van der Waals surface area contributed by atoms with Gasteiger partial charge in [0.05, 0.1) is 6.61 Å². The molecule has 1 unspecified atom stereocenters. The van der Waals surface area contributed by atoms with Crippen molar-refractivity contribution in [3.05, 3.63) is 11.8 Å². The molecule has 1 aliphatic heterocycles. The van der Waals surface area contributed by atoms with Gasteiger partial charge in [-0.05, 0) is 37.2 Å². The number of aliphatic hydroxyl groups excluding tert-OH is 1. The molecule has 1 aliphatic carbocycles. The lowest BCUT2D eigenvalue weighted by Gasteiger charge is -2.45. The molecule has 1 heterocycles. The van der Waals surface area contributed by atoms with Crippen LogP contribution < -0.4 is 0 Å². The Morgan fingerprint density at radius 1 is 1.29 bits per heavy atom. The van der Waals surface area contributed by atoms with Crippen molar-refractivity contribution >= 4 is 0 Å². The Hall–Kier alpha value is -0.540. The Kier molecular flexibility index (Phi) is 3.50. The van der Waals surface area contributed by atoms with Gasteiger partial charge in [-0.25, -0.2) is 0 Å². The predicted molar refractivity (Wildman–Crippen MR) is 66.6 cm³/mol. The first-order chi connectivity index (χ1) is 7.99. The summed E-state index contributed by atoms with van der Waals surface area (Å²) in [5.41, 5.74) is -0.0711. The van der Waals surface area contributed by atoms with Crippen LogP contribution in [-0.2, 0) is 9.47 Å². The van der Waals surface area contributed by atoms with Crippen molar-refractivity contribution in [3.63, 3.8) is 0 Å². The van der Waals surface area contributed by atoms with E-state index < -0.39 is 11.7 Å². The number of rotatable bonds is 3. The van der Waals surface area contributed by atoms with Gasteiger partial charge >= 0.3 is 0 Å². The van der Waals surface area contributed by atoms with Gasteiger partial charge in [0.2, 0.25) is 0 Å². The van der Waals surface area contributed by atoms with Gasteiger partial charge in [-0.1, -0.05) is 13.8 Å². The molecule has 0 radical (unpaired) electrons. The second-order valence-electron chi connectivity index (χ2n) is 6.08. The van der Waals surface area contributed by atoms with E-state index in [4.69, 9.17) is 9.47 Å². The second-order valence-corrected chi connectivity index (χ2v) is 6.08. The highest BCUT2D eigenvalue weighted by Crippen LogP contribution is 2.45. The van der Waals surface area contributed by atoms with Crippen LogP contribution in [0.5, 0.6) is 0 Å². The lowest BCUT2D eigenvalue weighted by molar-refractivity contribution is -0.134. The van der Waals surface area contributed by atoms with Crippen LogP contribution in [0.3, 0.4) is 0 Å². The van der Waals surface area contributed by atoms with Gasteiger partial charge in [0.1, 0.15) is 17.5 Å². The maximum atomic E-state index is 10.5. The molecule has 1 N–H and O–H groups in total. The molecule has 98 valence electrons. The first-order valence-corrected chi connectivity index (χ1v) is 6.55. The first-order valence-electron chi connectivity index (χ1n) is 6.55. The monoisotopic (exact) mass is 240 g/mol. The second kappa shape index (κ2) is 4.62. The van der Waals surface area contributed by atoms with Crippen LogP contribution in [0.15, 0.2) is 11.8 Å². The number of aliphatic hydroxyl groups is 1. The smallest absolute Gasteiger partial charge is 0.139 e. The third-order valence-corrected chi connectivity index (χ3v) is 4.36. The minimum absolute atomic E-state index is 0.368. The van der Waals surface area contributed by atoms with Crippen LogP contribution >= 0.6 is 0 Å². The number of ether oxygens (including phenoxy) is 2. The average Bonchev–Trinajstić information content (AvgIpc) is 2.82. The standard InChI is InChI=1S/C14H24O3/c1-13(2)6-8-14(16-3,9-7-13)12(15)11-5-4-10-17-11/h5,12,15H,4,6-10H2,1-3H3. The van der Waals surface area contributed by atoms with Crippen molar-refractivity contribution in [1.82, 2.24) is 0 Å². The summed E-state index contributed by atoms with van der Waals surface area (Å²) in [6.45, 7) is 5.26. The molecule has 0 amide bonds. The van der Waals surface area contributed by atoms with E-state index in [2.05, 4.69) is 13.8 Å². The summed E-state index contributed by atoms with van der Waals surface area (Å²) in [6, 6.07) is 0. The lowest BCUT2D eigenvalue weighted by atomic mass is 9.69. The molecule has 2 rings (SSSR count). The number of hydrogen-bond acceptors (Lipinski definition) is 3. The number of hydrogen-bond donors (Lipinski definition) is 1. The normalized spacial score (nSPS) is 28.4. The molecule has 0 spiro atoms. The highest BCUT2D eigenvalue weighted by molar-refractivity contribution is 5.12. The fourth-order valence-corrected chi connectivity index (χ4v) is 2.83. The Balaban J connectivity index is 2.09. The maximum absolute atomic E-state index is 10.5. The predicted octanol–water partition coefficient (Wildman–Crippen LogP) is 2.64. The van der Waals surface area contributed by atoms with Crippen LogP contribution in [-0.4, -0.2) is 30.5 Å². The largest absolute Gasteiger partial charge is 0.495 e. The first kappa shape index (κ1) is 12.9. The molecule has 0 saturated heterocycles. The van der Waals surface area contributed by atoms with Crippen molar-refractivity contribution in [1.29, 1.82) is 0 Å². The number of methoxy groups -OCH3 is 1. The molecular weight excluding hydrogens is 216 g/mol. The SMILES string of the molecule is COC1(C(O)C2=CCCO2)CCC(C)(C)CC1. The molecule has 3 heteroatoms. The van der Waals surface area contributed by atoms with Crippen LogP contribution in [0.4, 0.5) is 0 Å². The highest BCUT2D eigenvalue weighted by atomic mass is 16.5. The molecular formula is C14H24O3. The lowest BCUT2D eigenvalue weighted by Crippen LogP contribution is -2.49. The molecule has 0 aromatic rings. The minimum atomic E-state index is -0.605. The molecule has 1 fully saturated rings. The molecule has 0 aromatic heterocycles. The van der Waals surface area contributed by atoms with Crippen LogP contribution in [0, 0.1) is 5.41 Å². The van der Waals surface area contributed by atoms with Crippen molar-refractivity contribution in [2.75, 3.05) is 13.7 Å². The van der Waals surface area contributed by atoms with Gasteiger partial charge in [-0.3, -0.25) is 0 Å². The molecule has 0 aromatic carbocycles. The van der Waals surface area contributed by atoms with Crippen molar-refractivity contribution in [3.8, 4) is 0 Å². The fourth-order valence-electron chi connectivity index (χ4n) is 2.83. The van der Waals surface area contributed by atoms with E-state index in [1.54, 1.807) is 7.11 Å². The van der Waals surface area contributed by atoms with Gasteiger partial charge in [-0.15, -0.1) is 0 Å². The maximum Gasteiger partial charge on any atom is 0.139 e.